The molecule has 116 valence electrons. The zero-order valence-corrected chi connectivity index (χ0v) is 13.2. The first-order valence-corrected chi connectivity index (χ1v) is 8.19. The Morgan fingerprint density at radius 1 is 1.17 bits per heavy atom. The molecule has 6 heteroatoms. The zero-order valence-electron chi connectivity index (χ0n) is 12.4. The molecule has 0 bridgehead atoms. The molecule has 2 aromatic carbocycles. The van der Waals surface area contributed by atoms with Crippen molar-refractivity contribution < 1.29 is 9.53 Å². The molecule has 23 heavy (non-hydrogen) atoms. The normalized spacial score (nSPS) is 10.7. The lowest BCUT2D eigenvalue weighted by Crippen LogP contribution is -2.14. The molecule has 1 aromatic heterocycles. The van der Waals surface area contributed by atoms with Gasteiger partial charge >= 0.3 is 5.97 Å². The second kappa shape index (κ2) is 6.66. The quantitative estimate of drug-likeness (QED) is 0.589. The summed E-state index contributed by atoms with van der Waals surface area (Å²) in [6.07, 6.45) is 1.90. The Morgan fingerprint density at radius 2 is 1.91 bits per heavy atom. The highest BCUT2D eigenvalue weighted by Crippen LogP contribution is 2.20. The molecule has 0 spiro atoms. The Kier molecular flexibility index (Phi) is 4.43. The average Bonchev–Trinajstić information content (AvgIpc) is 2.59. The van der Waals surface area contributed by atoms with E-state index in [1.165, 1.54) is 11.8 Å². The molecule has 0 fully saturated rings. The van der Waals surface area contributed by atoms with E-state index in [0.29, 0.717) is 22.3 Å². The fourth-order valence-electron chi connectivity index (χ4n) is 2.23. The van der Waals surface area contributed by atoms with Gasteiger partial charge in [-0.3, -0.25) is 4.79 Å². The number of nitrogens with one attached hydrogen (secondary N) is 1. The highest BCUT2D eigenvalue weighted by atomic mass is 32.2. The van der Waals surface area contributed by atoms with Crippen molar-refractivity contribution in [3.05, 3.63) is 70.3 Å². The van der Waals surface area contributed by atoms with E-state index in [1.807, 2.05) is 18.4 Å². The lowest BCUT2D eigenvalue weighted by atomic mass is 10.2. The number of H-pyrrole nitrogens is 1. The van der Waals surface area contributed by atoms with Gasteiger partial charge in [-0.15, -0.1) is 11.8 Å². The number of aromatic nitrogens is 2. The molecule has 0 unspecified atom stereocenters. The molecule has 0 saturated heterocycles. The molecule has 1 heterocycles. The number of esters is 1. The summed E-state index contributed by atoms with van der Waals surface area (Å²) in [4.78, 5) is 32.0. The van der Waals surface area contributed by atoms with Crippen LogP contribution in [0.2, 0.25) is 0 Å². The van der Waals surface area contributed by atoms with Crippen molar-refractivity contribution in [3.63, 3.8) is 0 Å². The minimum atomic E-state index is -0.439. The third-order valence-electron chi connectivity index (χ3n) is 3.33. The first-order chi connectivity index (χ1) is 11.2. The van der Waals surface area contributed by atoms with Gasteiger partial charge in [-0.05, 0) is 30.5 Å². The van der Waals surface area contributed by atoms with Gasteiger partial charge in [-0.1, -0.05) is 24.3 Å². The fourth-order valence-corrected chi connectivity index (χ4v) is 2.81. The Morgan fingerprint density at radius 3 is 2.74 bits per heavy atom. The highest BCUT2D eigenvalue weighted by molar-refractivity contribution is 7.98. The summed E-state index contributed by atoms with van der Waals surface area (Å²) in [5.41, 5.74) is 0.834. The minimum absolute atomic E-state index is 0.0817. The van der Waals surface area contributed by atoms with Crippen LogP contribution in [-0.2, 0) is 11.3 Å². The number of aromatic amines is 1. The maximum atomic E-state index is 12.2. The molecule has 0 atom stereocenters. The smallest absolute Gasteiger partial charge is 0.339 e. The standard InChI is InChI=1S/C17H14N2O3S/c1-23-14-9-5-3-7-12(14)17(21)22-10-15-18-13-8-4-2-6-11(13)16(20)19-15/h2-9H,10H2,1H3,(H,18,19,20). The van der Waals surface area contributed by atoms with Crippen LogP contribution in [0.5, 0.6) is 0 Å². The Balaban J connectivity index is 1.81. The van der Waals surface area contributed by atoms with Crippen molar-refractivity contribution in [1.29, 1.82) is 0 Å². The van der Waals surface area contributed by atoms with E-state index in [0.717, 1.165) is 4.90 Å². The van der Waals surface area contributed by atoms with Crippen LogP contribution >= 0.6 is 11.8 Å². The average molecular weight is 326 g/mol. The number of fused-ring (bicyclic) bond motifs is 1. The third-order valence-corrected chi connectivity index (χ3v) is 4.12. The van der Waals surface area contributed by atoms with Gasteiger partial charge in [-0.2, -0.15) is 0 Å². The highest BCUT2D eigenvalue weighted by Gasteiger charge is 2.13. The van der Waals surface area contributed by atoms with Gasteiger partial charge in [0.2, 0.25) is 0 Å². The minimum Gasteiger partial charge on any atom is -0.454 e. The van der Waals surface area contributed by atoms with E-state index in [9.17, 15) is 9.59 Å². The monoisotopic (exact) mass is 326 g/mol. The van der Waals surface area contributed by atoms with Crippen molar-refractivity contribution in [2.45, 2.75) is 11.5 Å². The van der Waals surface area contributed by atoms with Gasteiger partial charge < -0.3 is 9.72 Å². The molecule has 3 rings (SSSR count). The predicted octanol–water partition coefficient (Wildman–Crippen LogP) is 3.00. The van der Waals surface area contributed by atoms with Crippen LogP contribution in [0.3, 0.4) is 0 Å². The number of carbonyl (C=O) groups is 1. The van der Waals surface area contributed by atoms with Crippen LogP contribution in [-0.4, -0.2) is 22.2 Å². The molecule has 0 aliphatic rings. The maximum absolute atomic E-state index is 12.2. The van der Waals surface area contributed by atoms with Crippen LogP contribution in [0.15, 0.2) is 58.2 Å². The second-order valence-electron chi connectivity index (χ2n) is 4.81. The van der Waals surface area contributed by atoms with Crippen LogP contribution in [0.1, 0.15) is 16.2 Å². The molecule has 0 saturated carbocycles. The largest absolute Gasteiger partial charge is 0.454 e. The lowest BCUT2D eigenvalue weighted by molar-refractivity contribution is 0.0458. The molecule has 1 N–H and O–H groups in total. The third kappa shape index (κ3) is 3.27. The first-order valence-electron chi connectivity index (χ1n) is 6.97. The lowest BCUT2D eigenvalue weighted by Gasteiger charge is -2.08. The number of carbonyl (C=O) groups excluding carboxylic acids is 1. The molecule has 0 amide bonds. The number of ether oxygens (including phenoxy) is 1. The Labute approximate surface area is 136 Å². The molecule has 0 aliphatic heterocycles. The zero-order chi connectivity index (χ0) is 16.2. The van der Waals surface area contributed by atoms with Crippen molar-refractivity contribution in [1.82, 2.24) is 9.97 Å². The summed E-state index contributed by atoms with van der Waals surface area (Å²) in [5.74, 6) is -0.116. The number of thioether (sulfide) groups is 1. The van der Waals surface area contributed by atoms with E-state index in [2.05, 4.69) is 9.97 Å². The SMILES string of the molecule is CSc1ccccc1C(=O)OCc1nc2ccccc2c(=O)[nH]1. The summed E-state index contributed by atoms with van der Waals surface area (Å²) in [6, 6.07) is 14.3. The van der Waals surface area contributed by atoms with Gasteiger partial charge in [0.05, 0.1) is 16.5 Å². The number of rotatable bonds is 4. The maximum Gasteiger partial charge on any atom is 0.339 e. The Hall–Kier alpha value is -2.60. The van der Waals surface area contributed by atoms with E-state index in [1.54, 1.807) is 36.4 Å². The fraction of sp³-hybridized carbons (Fsp3) is 0.118. The van der Waals surface area contributed by atoms with Crippen LogP contribution < -0.4 is 5.56 Å². The van der Waals surface area contributed by atoms with Gasteiger partial charge in [0.25, 0.3) is 5.56 Å². The van der Waals surface area contributed by atoms with Gasteiger partial charge in [0.15, 0.2) is 0 Å². The number of hydrogen-bond acceptors (Lipinski definition) is 5. The van der Waals surface area contributed by atoms with Crippen molar-refractivity contribution in [3.8, 4) is 0 Å². The molecule has 3 aromatic rings. The number of hydrogen-bond donors (Lipinski definition) is 1. The van der Waals surface area contributed by atoms with Crippen molar-refractivity contribution in [2.75, 3.05) is 6.26 Å². The van der Waals surface area contributed by atoms with Gasteiger partial charge in [0.1, 0.15) is 12.4 Å². The first kappa shape index (κ1) is 15.3. The summed E-state index contributed by atoms with van der Waals surface area (Å²) >= 11 is 1.48. The number of benzene rings is 2. The van der Waals surface area contributed by atoms with E-state index < -0.39 is 5.97 Å². The topological polar surface area (TPSA) is 72.0 Å². The number of para-hydroxylation sites is 1. The van der Waals surface area contributed by atoms with E-state index in [4.69, 9.17) is 4.74 Å². The van der Waals surface area contributed by atoms with Crippen LogP contribution in [0, 0.1) is 0 Å². The summed E-state index contributed by atoms with van der Waals surface area (Å²) in [7, 11) is 0. The van der Waals surface area contributed by atoms with Crippen molar-refractivity contribution >= 4 is 28.6 Å². The van der Waals surface area contributed by atoms with Gasteiger partial charge in [-0.25, -0.2) is 9.78 Å². The molecule has 5 nitrogen and oxygen atoms in total. The summed E-state index contributed by atoms with van der Waals surface area (Å²) in [5, 5.41) is 0.510. The summed E-state index contributed by atoms with van der Waals surface area (Å²) in [6.45, 7) is -0.0817. The molecule has 0 aliphatic carbocycles. The molecular weight excluding hydrogens is 312 g/mol. The number of nitrogens with zero attached hydrogens (tertiary/aromatic N) is 1. The van der Waals surface area contributed by atoms with Gasteiger partial charge in [0, 0.05) is 4.90 Å². The molecular formula is C17H14N2O3S. The van der Waals surface area contributed by atoms with Crippen LogP contribution in [0.4, 0.5) is 0 Å². The van der Waals surface area contributed by atoms with E-state index >= 15 is 0 Å². The Bertz CT molecular complexity index is 921. The summed E-state index contributed by atoms with van der Waals surface area (Å²) < 4.78 is 5.28. The second-order valence-corrected chi connectivity index (χ2v) is 5.65. The van der Waals surface area contributed by atoms with Crippen molar-refractivity contribution in [2.24, 2.45) is 0 Å². The van der Waals surface area contributed by atoms with Crippen LogP contribution in [0.25, 0.3) is 10.9 Å². The molecule has 0 radical (unpaired) electrons. The van der Waals surface area contributed by atoms with E-state index in [-0.39, 0.29) is 12.2 Å². The predicted molar refractivity (Wildman–Crippen MR) is 89.7 cm³/mol.